The van der Waals surface area contributed by atoms with Crippen molar-refractivity contribution in [2.24, 2.45) is 5.92 Å². The van der Waals surface area contributed by atoms with Crippen molar-refractivity contribution in [3.8, 4) is 0 Å². The molecule has 0 radical (unpaired) electrons. The van der Waals surface area contributed by atoms with Crippen LogP contribution >= 0.6 is 0 Å². The lowest BCUT2D eigenvalue weighted by atomic mass is 9.94. The van der Waals surface area contributed by atoms with Gasteiger partial charge in [0.15, 0.2) is 15.5 Å². The van der Waals surface area contributed by atoms with Crippen molar-refractivity contribution in [1.29, 1.82) is 0 Å². The second-order valence-corrected chi connectivity index (χ2v) is 16.1. The van der Waals surface area contributed by atoms with E-state index in [0.29, 0.717) is 42.7 Å². The number of nitrogens with zero attached hydrogens (tertiary/aromatic N) is 5. The molecule has 5 rings (SSSR count). The summed E-state index contributed by atoms with van der Waals surface area (Å²) in [6.45, 7) is 11.6. The van der Waals surface area contributed by atoms with Crippen LogP contribution in [0.4, 0.5) is 26.9 Å². The zero-order chi connectivity index (χ0) is 33.6. The van der Waals surface area contributed by atoms with Crippen molar-refractivity contribution in [3.05, 3.63) is 42.1 Å². The predicted octanol–water partition coefficient (Wildman–Crippen LogP) is 5.11. The molecule has 2 atom stereocenters. The van der Waals surface area contributed by atoms with Crippen LogP contribution in [0.15, 0.2) is 41.4 Å². The van der Waals surface area contributed by atoms with Crippen LogP contribution in [0.25, 0.3) is 5.65 Å². The summed E-state index contributed by atoms with van der Waals surface area (Å²) in [5.74, 6) is 0.871. The molecule has 1 saturated heterocycles. The first-order valence-corrected chi connectivity index (χ1v) is 17.4. The van der Waals surface area contributed by atoms with Crippen molar-refractivity contribution in [2.75, 3.05) is 36.1 Å². The average molecular weight is 657 g/mol. The van der Waals surface area contributed by atoms with Gasteiger partial charge in [-0.15, -0.1) is 0 Å². The highest BCUT2D eigenvalue weighted by Crippen LogP contribution is 2.43. The van der Waals surface area contributed by atoms with Gasteiger partial charge in [0.2, 0.25) is 0 Å². The van der Waals surface area contributed by atoms with Crippen LogP contribution in [0.3, 0.4) is 0 Å². The van der Waals surface area contributed by atoms with E-state index in [1.54, 1.807) is 70.5 Å². The van der Waals surface area contributed by atoms with Crippen molar-refractivity contribution < 1.29 is 32.6 Å². The third-order valence-electron chi connectivity index (χ3n) is 7.73. The number of hydrogen-bond donors (Lipinski definition) is 2. The minimum absolute atomic E-state index is 0.0491. The van der Waals surface area contributed by atoms with E-state index in [-0.39, 0.29) is 23.0 Å². The Balaban J connectivity index is 1.49. The number of hydrogen-bond acceptors (Lipinski definition) is 10. The molecule has 3 heterocycles. The molecule has 3 aromatic rings. The number of aliphatic hydroxyl groups excluding tert-OH is 1. The van der Waals surface area contributed by atoms with E-state index in [4.69, 9.17) is 14.5 Å². The van der Waals surface area contributed by atoms with Gasteiger partial charge in [-0.3, -0.25) is 0 Å². The summed E-state index contributed by atoms with van der Waals surface area (Å²) in [6.07, 6.45) is 3.46. The summed E-state index contributed by atoms with van der Waals surface area (Å²) in [5.41, 5.74) is 0.323. The Morgan fingerprint density at radius 3 is 2.37 bits per heavy atom. The highest BCUT2D eigenvalue weighted by atomic mass is 32.2. The zero-order valence-corrected chi connectivity index (χ0v) is 28.3. The van der Waals surface area contributed by atoms with Crippen molar-refractivity contribution in [2.45, 2.75) is 88.9 Å². The molecule has 250 valence electrons. The number of ether oxygens (including phenoxy) is 2. The first kappa shape index (κ1) is 33.5. The zero-order valence-electron chi connectivity index (χ0n) is 27.5. The topological polar surface area (TPSA) is 156 Å². The lowest BCUT2D eigenvalue weighted by Gasteiger charge is -2.36. The molecule has 46 heavy (non-hydrogen) atoms. The maximum Gasteiger partial charge on any atom is 0.420 e. The number of amides is 2. The fourth-order valence-corrected chi connectivity index (χ4v) is 6.00. The average Bonchev–Trinajstić information content (AvgIpc) is 3.68. The van der Waals surface area contributed by atoms with E-state index < -0.39 is 39.3 Å². The van der Waals surface area contributed by atoms with Gasteiger partial charge < -0.3 is 24.8 Å². The van der Waals surface area contributed by atoms with Crippen LogP contribution in [0, 0.1) is 5.92 Å². The van der Waals surface area contributed by atoms with Crippen LogP contribution < -0.4 is 10.2 Å². The molecule has 2 aliphatic rings. The van der Waals surface area contributed by atoms with Crippen molar-refractivity contribution in [1.82, 2.24) is 19.5 Å². The number of likely N-dealkylation sites (tertiary alicyclic amines) is 1. The number of sulfone groups is 1. The fourth-order valence-electron chi connectivity index (χ4n) is 5.33. The summed E-state index contributed by atoms with van der Waals surface area (Å²) in [5, 5.41) is 18.9. The maximum absolute atomic E-state index is 13.8. The largest absolute Gasteiger partial charge is 0.444 e. The van der Waals surface area contributed by atoms with Gasteiger partial charge in [0.05, 0.1) is 29.4 Å². The SMILES string of the molecule is CC(C)(C)OC(=O)N1CC[C@H](CNc2cc(N(C(=O)OC(C)(C)C)c3cccc(S(C)(=O)=O)c3)n3ncc(C4CC4)c3n2)[C@@H](O)C1. The number of piperidine rings is 1. The number of aromatic nitrogens is 3. The Hall–Kier alpha value is -3.91. The molecular formula is C32H44N6O7S. The predicted molar refractivity (Wildman–Crippen MR) is 173 cm³/mol. The summed E-state index contributed by atoms with van der Waals surface area (Å²) in [4.78, 5) is 34.1. The number of β-amino-alcohol motifs (C(OH)–C–C–N with tert-alkyl or cyclic N) is 1. The minimum Gasteiger partial charge on any atom is -0.444 e. The Kier molecular flexibility index (Phi) is 8.99. The van der Waals surface area contributed by atoms with Gasteiger partial charge in [0.1, 0.15) is 22.8 Å². The molecule has 2 fully saturated rings. The van der Waals surface area contributed by atoms with Gasteiger partial charge in [0.25, 0.3) is 0 Å². The highest BCUT2D eigenvalue weighted by Gasteiger charge is 2.34. The number of fused-ring (bicyclic) bond motifs is 1. The van der Waals surface area contributed by atoms with E-state index in [9.17, 15) is 23.1 Å². The smallest absolute Gasteiger partial charge is 0.420 e. The minimum atomic E-state index is -3.58. The molecule has 1 aliphatic heterocycles. The molecule has 13 nitrogen and oxygen atoms in total. The van der Waals surface area contributed by atoms with Crippen molar-refractivity contribution >= 4 is 45.0 Å². The lowest BCUT2D eigenvalue weighted by Crippen LogP contribution is -2.49. The standard InChI is InChI=1S/C32H44N6O7S/c1-31(2,3)44-29(40)36-14-13-21(25(39)19-36)17-33-26-16-27(38-28(35-26)24(18-34-38)20-11-12-20)37(30(41)45-32(4,5)6)22-9-8-10-23(15-22)46(7,42)43/h8-10,15-16,18,20-21,25,39H,11-14,17,19H2,1-7H3,(H,33,35)/t21-,25+/m1/s1. The summed E-state index contributed by atoms with van der Waals surface area (Å²) in [7, 11) is -3.58. The summed E-state index contributed by atoms with van der Waals surface area (Å²) in [6, 6.07) is 7.77. The Labute approximate surface area is 269 Å². The number of nitrogens with one attached hydrogen (secondary N) is 1. The van der Waals surface area contributed by atoms with Crippen LogP contribution in [0.5, 0.6) is 0 Å². The normalized spacial score (nSPS) is 19.2. The van der Waals surface area contributed by atoms with Crippen LogP contribution in [-0.2, 0) is 19.3 Å². The maximum atomic E-state index is 13.8. The molecule has 0 bridgehead atoms. The Morgan fingerprint density at radius 1 is 1.07 bits per heavy atom. The first-order valence-electron chi connectivity index (χ1n) is 15.5. The monoisotopic (exact) mass is 656 g/mol. The van der Waals surface area contributed by atoms with Crippen LogP contribution in [0.2, 0.25) is 0 Å². The number of carbonyl (C=O) groups is 2. The molecule has 2 aromatic heterocycles. The molecule has 2 N–H and O–H groups in total. The highest BCUT2D eigenvalue weighted by molar-refractivity contribution is 7.90. The number of aliphatic hydroxyl groups is 1. The quantitative estimate of drug-likeness (QED) is 0.350. The number of benzene rings is 1. The van der Waals surface area contributed by atoms with Crippen LogP contribution in [0.1, 0.15) is 72.3 Å². The lowest BCUT2D eigenvalue weighted by molar-refractivity contribution is -0.0104. The van der Waals surface area contributed by atoms with E-state index in [1.807, 2.05) is 0 Å². The van der Waals surface area contributed by atoms with Gasteiger partial charge in [-0.05, 0) is 84.9 Å². The van der Waals surface area contributed by atoms with Gasteiger partial charge in [0, 0.05) is 36.9 Å². The summed E-state index contributed by atoms with van der Waals surface area (Å²) < 4.78 is 37.8. The fraction of sp³-hybridized carbons (Fsp3) is 0.562. The third kappa shape index (κ3) is 7.89. The third-order valence-corrected chi connectivity index (χ3v) is 8.84. The second kappa shape index (κ2) is 12.4. The van der Waals surface area contributed by atoms with Gasteiger partial charge in [-0.2, -0.15) is 9.61 Å². The summed E-state index contributed by atoms with van der Waals surface area (Å²) >= 11 is 0. The second-order valence-electron chi connectivity index (χ2n) is 14.1. The first-order chi connectivity index (χ1) is 21.4. The number of rotatable bonds is 7. The molecule has 0 spiro atoms. The number of carbonyl (C=O) groups excluding carboxylic acids is 2. The molecular weight excluding hydrogens is 612 g/mol. The van der Waals surface area contributed by atoms with E-state index in [2.05, 4.69) is 10.4 Å². The molecule has 1 saturated carbocycles. The van der Waals surface area contributed by atoms with E-state index in [0.717, 1.165) is 24.7 Å². The van der Waals surface area contributed by atoms with E-state index in [1.165, 1.54) is 21.9 Å². The van der Waals surface area contributed by atoms with Crippen molar-refractivity contribution in [3.63, 3.8) is 0 Å². The molecule has 1 aliphatic carbocycles. The Bertz CT molecular complexity index is 1720. The van der Waals surface area contributed by atoms with Gasteiger partial charge in [-0.1, -0.05) is 6.07 Å². The van der Waals surface area contributed by atoms with Crippen LogP contribution in [-0.4, -0.2) is 88.4 Å². The van der Waals surface area contributed by atoms with Gasteiger partial charge in [-0.25, -0.2) is 27.9 Å². The Morgan fingerprint density at radius 2 is 1.76 bits per heavy atom. The molecule has 14 heteroatoms. The molecule has 1 aromatic carbocycles. The number of anilines is 3. The molecule has 2 amide bonds. The molecule has 0 unspecified atom stereocenters. The van der Waals surface area contributed by atoms with E-state index >= 15 is 0 Å². The van der Waals surface area contributed by atoms with Gasteiger partial charge >= 0.3 is 12.2 Å².